The molecular formula is C16H25N3O. The molecule has 20 heavy (non-hydrogen) atoms. The maximum absolute atomic E-state index is 12.2. The molecular weight excluding hydrogens is 250 g/mol. The van der Waals surface area contributed by atoms with E-state index in [-0.39, 0.29) is 5.91 Å². The van der Waals surface area contributed by atoms with Crippen molar-refractivity contribution < 1.29 is 4.79 Å². The fraction of sp³-hybridized carbons (Fsp3) is 0.562. The van der Waals surface area contributed by atoms with Crippen LogP contribution >= 0.6 is 0 Å². The average molecular weight is 275 g/mol. The van der Waals surface area contributed by atoms with Gasteiger partial charge in [-0.1, -0.05) is 17.7 Å². The minimum atomic E-state index is 0.0833. The molecule has 1 saturated heterocycles. The Morgan fingerprint density at radius 2 is 2.20 bits per heavy atom. The van der Waals surface area contributed by atoms with E-state index < -0.39 is 0 Å². The zero-order valence-electron chi connectivity index (χ0n) is 12.7. The molecule has 1 aliphatic heterocycles. The molecule has 1 aromatic rings. The van der Waals surface area contributed by atoms with Gasteiger partial charge in [-0.25, -0.2) is 0 Å². The molecule has 1 amide bonds. The molecule has 1 heterocycles. The van der Waals surface area contributed by atoms with E-state index >= 15 is 0 Å². The number of carbonyl (C=O) groups excluding carboxylic acids is 1. The summed E-state index contributed by atoms with van der Waals surface area (Å²) < 4.78 is 0. The number of aryl methyl sites for hydroxylation is 2. The number of nitrogens with zero attached hydrogens (tertiary/aromatic N) is 1. The van der Waals surface area contributed by atoms with E-state index in [0.29, 0.717) is 12.6 Å². The molecule has 110 valence electrons. The molecule has 0 aromatic heterocycles. The summed E-state index contributed by atoms with van der Waals surface area (Å²) in [4.78, 5) is 14.5. The second-order valence-electron chi connectivity index (χ2n) is 5.69. The van der Waals surface area contributed by atoms with Crippen molar-refractivity contribution in [3.63, 3.8) is 0 Å². The third-order valence-electron chi connectivity index (χ3n) is 3.94. The average Bonchev–Trinajstić information content (AvgIpc) is 2.81. The molecule has 1 atom stereocenters. The van der Waals surface area contributed by atoms with Crippen molar-refractivity contribution in [3.8, 4) is 0 Å². The van der Waals surface area contributed by atoms with Crippen molar-refractivity contribution in [1.82, 2.24) is 10.2 Å². The number of nitrogens with one attached hydrogen (secondary N) is 2. The number of benzene rings is 1. The molecule has 0 radical (unpaired) electrons. The first-order valence-electron chi connectivity index (χ1n) is 7.36. The Labute approximate surface area is 121 Å². The van der Waals surface area contributed by atoms with Gasteiger partial charge in [-0.3, -0.25) is 9.69 Å². The molecule has 0 bridgehead atoms. The number of carbonyl (C=O) groups is 1. The van der Waals surface area contributed by atoms with Gasteiger partial charge in [0.1, 0.15) is 0 Å². The Bertz CT molecular complexity index is 473. The Hall–Kier alpha value is -1.39. The molecule has 4 nitrogen and oxygen atoms in total. The van der Waals surface area contributed by atoms with Gasteiger partial charge >= 0.3 is 0 Å². The normalized spacial score (nSPS) is 19.2. The van der Waals surface area contributed by atoms with E-state index in [1.54, 1.807) is 0 Å². The smallest absolute Gasteiger partial charge is 0.238 e. The Morgan fingerprint density at radius 3 is 2.90 bits per heavy atom. The topological polar surface area (TPSA) is 44.4 Å². The van der Waals surface area contributed by atoms with E-state index in [2.05, 4.69) is 28.5 Å². The molecule has 0 saturated carbocycles. The van der Waals surface area contributed by atoms with Crippen molar-refractivity contribution in [2.75, 3.05) is 32.0 Å². The zero-order chi connectivity index (χ0) is 14.5. The van der Waals surface area contributed by atoms with Crippen LogP contribution in [0.3, 0.4) is 0 Å². The van der Waals surface area contributed by atoms with E-state index in [9.17, 15) is 4.79 Å². The third-order valence-corrected chi connectivity index (χ3v) is 3.94. The van der Waals surface area contributed by atoms with Crippen molar-refractivity contribution >= 4 is 11.6 Å². The van der Waals surface area contributed by atoms with Gasteiger partial charge in [0.15, 0.2) is 0 Å². The van der Waals surface area contributed by atoms with E-state index in [1.807, 2.05) is 26.1 Å². The Morgan fingerprint density at radius 1 is 1.40 bits per heavy atom. The molecule has 1 aliphatic rings. The van der Waals surface area contributed by atoms with Gasteiger partial charge in [-0.05, 0) is 51.9 Å². The van der Waals surface area contributed by atoms with Gasteiger partial charge in [0, 0.05) is 18.3 Å². The molecule has 0 spiro atoms. The third kappa shape index (κ3) is 3.81. The second kappa shape index (κ2) is 6.86. The summed E-state index contributed by atoms with van der Waals surface area (Å²) in [7, 11) is 1.96. The summed E-state index contributed by atoms with van der Waals surface area (Å²) >= 11 is 0. The summed E-state index contributed by atoms with van der Waals surface area (Å²) in [5, 5.41) is 6.23. The highest BCUT2D eigenvalue weighted by atomic mass is 16.2. The minimum Gasteiger partial charge on any atom is -0.325 e. The largest absolute Gasteiger partial charge is 0.325 e. The predicted molar refractivity (Wildman–Crippen MR) is 83.1 cm³/mol. The predicted octanol–water partition coefficient (Wildman–Crippen LogP) is 1.93. The first-order valence-corrected chi connectivity index (χ1v) is 7.36. The lowest BCUT2D eigenvalue weighted by atomic mass is 10.1. The van der Waals surface area contributed by atoms with E-state index in [1.165, 1.54) is 18.4 Å². The maximum atomic E-state index is 12.2. The highest BCUT2D eigenvalue weighted by molar-refractivity contribution is 5.93. The van der Waals surface area contributed by atoms with Crippen molar-refractivity contribution in [2.24, 2.45) is 0 Å². The molecule has 4 heteroatoms. The number of rotatable bonds is 5. The minimum absolute atomic E-state index is 0.0833. The lowest BCUT2D eigenvalue weighted by Crippen LogP contribution is -2.41. The lowest BCUT2D eigenvalue weighted by Gasteiger charge is -2.23. The van der Waals surface area contributed by atoms with Gasteiger partial charge < -0.3 is 10.6 Å². The number of amides is 1. The number of anilines is 1. The summed E-state index contributed by atoms with van der Waals surface area (Å²) in [5.74, 6) is 0.0833. The van der Waals surface area contributed by atoms with Gasteiger partial charge in [0.25, 0.3) is 0 Å². The maximum Gasteiger partial charge on any atom is 0.238 e. The van der Waals surface area contributed by atoms with Crippen molar-refractivity contribution in [1.29, 1.82) is 0 Å². The summed E-state index contributed by atoms with van der Waals surface area (Å²) in [6, 6.07) is 6.60. The summed E-state index contributed by atoms with van der Waals surface area (Å²) in [6.07, 6.45) is 2.36. The first-order chi connectivity index (χ1) is 9.60. The van der Waals surface area contributed by atoms with Crippen LogP contribution in [-0.4, -0.2) is 43.5 Å². The molecule has 0 aliphatic carbocycles. The van der Waals surface area contributed by atoms with Crippen LogP contribution in [0.4, 0.5) is 5.69 Å². The number of likely N-dealkylation sites (N-methyl/N-ethyl adjacent to an activating group) is 1. The second-order valence-corrected chi connectivity index (χ2v) is 5.69. The van der Waals surface area contributed by atoms with Crippen LogP contribution in [0.2, 0.25) is 0 Å². The lowest BCUT2D eigenvalue weighted by molar-refractivity contribution is -0.117. The molecule has 1 fully saturated rings. The van der Waals surface area contributed by atoms with E-state index in [4.69, 9.17) is 0 Å². The standard InChI is InChI=1S/C16H25N3O/c1-12-6-7-15(13(2)9-12)18-16(20)11-19-8-4-5-14(19)10-17-3/h6-7,9,14,17H,4-5,8,10-11H2,1-3H3,(H,18,20). The van der Waals surface area contributed by atoms with Gasteiger partial charge in [0.05, 0.1) is 6.54 Å². The van der Waals surface area contributed by atoms with Gasteiger partial charge in [-0.2, -0.15) is 0 Å². The number of likely N-dealkylation sites (tertiary alicyclic amines) is 1. The van der Waals surface area contributed by atoms with Crippen LogP contribution in [0.25, 0.3) is 0 Å². The van der Waals surface area contributed by atoms with Crippen LogP contribution < -0.4 is 10.6 Å². The number of hydrogen-bond acceptors (Lipinski definition) is 3. The first kappa shape index (κ1) is 15.0. The summed E-state index contributed by atoms with van der Waals surface area (Å²) in [5.41, 5.74) is 3.26. The highest BCUT2D eigenvalue weighted by Crippen LogP contribution is 2.18. The SMILES string of the molecule is CNCC1CCCN1CC(=O)Nc1ccc(C)cc1C. The zero-order valence-corrected chi connectivity index (χ0v) is 12.7. The molecule has 1 unspecified atom stereocenters. The van der Waals surface area contributed by atoms with Crippen LogP contribution in [-0.2, 0) is 4.79 Å². The fourth-order valence-electron chi connectivity index (χ4n) is 2.90. The van der Waals surface area contributed by atoms with Crippen LogP contribution in [0, 0.1) is 13.8 Å². The van der Waals surface area contributed by atoms with Gasteiger partial charge in [0.2, 0.25) is 5.91 Å². The van der Waals surface area contributed by atoms with Crippen molar-refractivity contribution in [3.05, 3.63) is 29.3 Å². The number of hydrogen-bond donors (Lipinski definition) is 2. The quantitative estimate of drug-likeness (QED) is 0.863. The molecule has 2 N–H and O–H groups in total. The van der Waals surface area contributed by atoms with Crippen LogP contribution in [0.15, 0.2) is 18.2 Å². The fourth-order valence-corrected chi connectivity index (χ4v) is 2.90. The summed E-state index contributed by atoms with van der Waals surface area (Å²) in [6.45, 7) is 6.55. The van der Waals surface area contributed by atoms with Crippen LogP contribution in [0.1, 0.15) is 24.0 Å². The Kier molecular flexibility index (Phi) is 5.15. The monoisotopic (exact) mass is 275 g/mol. The molecule has 1 aromatic carbocycles. The molecule has 2 rings (SSSR count). The van der Waals surface area contributed by atoms with Gasteiger partial charge in [-0.15, -0.1) is 0 Å². The van der Waals surface area contributed by atoms with Crippen LogP contribution in [0.5, 0.6) is 0 Å². The van der Waals surface area contributed by atoms with E-state index in [0.717, 1.165) is 24.3 Å². The van der Waals surface area contributed by atoms with Crippen molar-refractivity contribution in [2.45, 2.75) is 32.7 Å². The highest BCUT2D eigenvalue weighted by Gasteiger charge is 2.25. The Balaban J connectivity index is 1.92.